The molecule has 8 nitrogen and oxygen atoms in total. The second-order valence-electron chi connectivity index (χ2n) is 4.80. The van der Waals surface area contributed by atoms with Crippen LogP contribution >= 0.6 is 0 Å². The number of hydrogen-bond acceptors (Lipinski definition) is 7. The average molecular weight is 295 g/mol. The van der Waals surface area contributed by atoms with Crippen LogP contribution < -0.4 is 15.5 Å². The Kier molecular flexibility index (Phi) is 6.13. The zero-order valence-electron chi connectivity index (χ0n) is 13.6. The van der Waals surface area contributed by atoms with E-state index in [-0.39, 0.29) is 5.91 Å². The molecule has 1 rings (SSSR count). The van der Waals surface area contributed by atoms with E-state index in [0.29, 0.717) is 17.8 Å². The van der Waals surface area contributed by atoms with Gasteiger partial charge in [-0.2, -0.15) is 15.0 Å². The lowest BCUT2D eigenvalue weighted by Gasteiger charge is -2.21. The summed E-state index contributed by atoms with van der Waals surface area (Å²) < 4.78 is 0. The van der Waals surface area contributed by atoms with Gasteiger partial charge in [0.2, 0.25) is 23.8 Å². The molecule has 0 aliphatic carbocycles. The van der Waals surface area contributed by atoms with E-state index in [4.69, 9.17) is 0 Å². The summed E-state index contributed by atoms with van der Waals surface area (Å²) in [5, 5.41) is 5.93. The minimum absolute atomic E-state index is 0.0363. The van der Waals surface area contributed by atoms with Gasteiger partial charge in [0.1, 0.15) is 6.04 Å². The third-order valence-corrected chi connectivity index (χ3v) is 3.05. The molecule has 2 N–H and O–H groups in total. The Labute approximate surface area is 126 Å². The molecule has 0 saturated carbocycles. The first-order valence-corrected chi connectivity index (χ1v) is 7.09. The highest BCUT2D eigenvalue weighted by Gasteiger charge is 2.17. The summed E-state index contributed by atoms with van der Waals surface area (Å²) in [5.41, 5.74) is 0. The number of aromatic nitrogens is 3. The van der Waals surface area contributed by atoms with Gasteiger partial charge in [0.15, 0.2) is 0 Å². The van der Waals surface area contributed by atoms with Crippen molar-refractivity contribution in [3.05, 3.63) is 0 Å². The molecule has 0 aromatic carbocycles. The van der Waals surface area contributed by atoms with E-state index in [1.54, 1.807) is 28.1 Å². The molecule has 1 atom stereocenters. The van der Waals surface area contributed by atoms with Crippen LogP contribution in [0.4, 0.5) is 17.8 Å². The summed E-state index contributed by atoms with van der Waals surface area (Å²) in [6, 6.07) is -0.406. The molecule has 1 unspecified atom stereocenters. The van der Waals surface area contributed by atoms with Crippen molar-refractivity contribution in [3.63, 3.8) is 0 Å². The number of hydrogen-bond donors (Lipinski definition) is 2. The molecule has 0 aliphatic rings. The van der Waals surface area contributed by atoms with Crippen LogP contribution in [-0.4, -0.2) is 66.0 Å². The lowest BCUT2D eigenvalue weighted by Crippen LogP contribution is -2.37. The van der Waals surface area contributed by atoms with Crippen molar-refractivity contribution in [2.75, 3.05) is 49.8 Å². The second-order valence-corrected chi connectivity index (χ2v) is 4.80. The van der Waals surface area contributed by atoms with Gasteiger partial charge in [0, 0.05) is 34.2 Å². The molecule has 0 saturated heterocycles. The van der Waals surface area contributed by atoms with E-state index < -0.39 is 6.04 Å². The molecule has 1 aromatic heterocycles. The minimum Gasteiger partial charge on any atom is -0.357 e. The molecular formula is C13H25N7O. The van der Waals surface area contributed by atoms with Gasteiger partial charge in [-0.15, -0.1) is 0 Å². The lowest BCUT2D eigenvalue weighted by molar-refractivity contribution is -0.129. The van der Waals surface area contributed by atoms with Crippen LogP contribution in [0.15, 0.2) is 0 Å². The first kappa shape index (κ1) is 16.9. The summed E-state index contributed by atoms with van der Waals surface area (Å²) in [5.74, 6) is 1.41. The topological polar surface area (TPSA) is 86.3 Å². The van der Waals surface area contributed by atoms with Crippen LogP contribution in [0.1, 0.15) is 20.8 Å². The van der Waals surface area contributed by atoms with Gasteiger partial charge in [-0.05, 0) is 20.8 Å². The Morgan fingerprint density at radius 2 is 1.71 bits per heavy atom. The minimum atomic E-state index is -0.406. The zero-order valence-corrected chi connectivity index (χ0v) is 13.6. The second kappa shape index (κ2) is 7.61. The van der Waals surface area contributed by atoms with Gasteiger partial charge >= 0.3 is 0 Å². The largest absolute Gasteiger partial charge is 0.357 e. The standard InChI is InChI=1S/C13H25N7O/c1-7-20(8-2)13-17-11(14-4)16-12(18-13)15-9(3)10(21)19(5)6/h9H,7-8H2,1-6H3,(H2,14,15,16,17,18). The molecule has 1 heterocycles. The van der Waals surface area contributed by atoms with Gasteiger partial charge in [-0.1, -0.05) is 0 Å². The summed E-state index contributed by atoms with van der Waals surface area (Å²) in [6.45, 7) is 7.46. The van der Waals surface area contributed by atoms with Crippen LogP contribution in [0.3, 0.4) is 0 Å². The maximum Gasteiger partial charge on any atom is 0.244 e. The van der Waals surface area contributed by atoms with Gasteiger partial charge in [-0.25, -0.2) is 0 Å². The van der Waals surface area contributed by atoms with E-state index in [1.807, 2.05) is 18.7 Å². The predicted octanol–water partition coefficient (Wildman–Crippen LogP) is 0.648. The van der Waals surface area contributed by atoms with Crippen molar-refractivity contribution < 1.29 is 4.79 Å². The number of amides is 1. The predicted molar refractivity (Wildman–Crippen MR) is 84.7 cm³/mol. The van der Waals surface area contributed by atoms with E-state index >= 15 is 0 Å². The Bertz CT molecular complexity index is 474. The van der Waals surface area contributed by atoms with Gasteiger partial charge in [0.25, 0.3) is 0 Å². The average Bonchev–Trinajstić information content (AvgIpc) is 2.47. The number of carbonyl (C=O) groups excluding carboxylic acids is 1. The molecule has 0 radical (unpaired) electrons. The summed E-state index contributed by atoms with van der Waals surface area (Å²) >= 11 is 0. The fourth-order valence-electron chi connectivity index (χ4n) is 1.83. The monoisotopic (exact) mass is 295 g/mol. The van der Waals surface area contributed by atoms with Gasteiger partial charge < -0.3 is 20.4 Å². The van der Waals surface area contributed by atoms with Gasteiger partial charge in [0.05, 0.1) is 0 Å². The normalized spacial score (nSPS) is 11.7. The quantitative estimate of drug-likeness (QED) is 0.763. The molecular weight excluding hydrogens is 270 g/mol. The summed E-state index contributed by atoms with van der Waals surface area (Å²) in [6.07, 6.45) is 0. The van der Waals surface area contributed by atoms with Crippen LogP contribution in [0.2, 0.25) is 0 Å². The molecule has 1 aromatic rings. The third-order valence-electron chi connectivity index (χ3n) is 3.05. The molecule has 0 aliphatic heterocycles. The Balaban J connectivity index is 3.01. The number of rotatable bonds is 7. The number of anilines is 3. The maximum atomic E-state index is 11.9. The number of nitrogens with zero attached hydrogens (tertiary/aromatic N) is 5. The molecule has 0 spiro atoms. The van der Waals surface area contributed by atoms with E-state index in [1.165, 1.54) is 4.90 Å². The van der Waals surface area contributed by atoms with Crippen molar-refractivity contribution in [2.45, 2.75) is 26.8 Å². The number of carbonyl (C=O) groups is 1. The fraction of sp³-hybridized carbons (Fsp3) is 0.692. The van der Waals surface area contributed by atoms with E-state index in [0.717, 1.165) is 13.1 Å². The van der Waals surface area contributed by atoms with Crippen molar-refractivity contribution in [1.29, 1.82) is 0 Å². The molecule has 1 amide bonds. The summed E-state index contributed by atoms with van der Waals surface area (Å²) in [7, 11) is 5.18. The highest BCUT2D eigenvalue weighted by Crippen LogP contribution is 2.14. The first-order valence-electron chi connectivity index (χ1n) is 7.09. The highest BCUT2D eigenvalue weighted by molar-refractivity contribution is 5.83. The molecule has 118 valence electrons. The van der Waals surface area contributed by atoms with Crippen LogP contribution in [-0.2, 0) is 4.79 Å². The van der Waals surface area contributed by atoms with E-state index in [2.05, 4.69) is 25.6 Å². The van der Waals surface area contributed by atoms with Gasteiger partial charge in [-0.3, -0.25) is 4.79 Å². The van der Waals surface area contributed by atoms with Crippen LogP contribution in [0.5, 0.6) is 0 Å². The lowest BCUT2D eigenvalue weighted by atomic mass is 10.3. The van der Waals surface area contributed by atoms with Crippen molar-refractivity contribution in [2.24, 2.45) is 0 Å². The van der Waals surface area contributed by atoms with Crippen molar-refractivity contribution in [1.82, 2.24) is 19.9 Å². The zero-order chi connectivity index (χ0) is 16.0. The Morgan fingerprint density at radius 3 is 2.19 bits per heavy atom. The smallest absolute Gasteiger partial charge is 0.244 e. The molecule has 21 heavy (non-hydrogen) atoms. The van der Waals surface area contributed by atoms with Crippen LogP contribution in [0, 0.1) is 0 Å². The molecule has 8 heteroatoms. The molecule has 0 bridgehead atoms. The number of likely N-dealkylation sites (N-methyl/N-ethyl adjacent to an activating group) is 1. The highest BCUT2D eigenvalue weighted by atomic mass is 16.2. The Morgan fingerprint density at radius 1 is 1.14 bits per heavy atom. The maximum absolute atomic E-state index is 11.9. The van der Waals surface area contributed by atoms with Crippen molar-refractivity contribution in [3.8, 4) is 0 Å². The van der Waals surface area contributed by atoms with E-state index in [9.17, 15) is 4.79 Å². The third kappa shape index (κ3) is 4.44. The molecule has 0 fully saturated rings. The fourth-order valence-corrected chi connectivity index (χ4v) is 1.83. The summed E-state index contributed by atoms with van der Waals surface area (Å²) in [4.78, 5) is 28.4. The first-order chi connectivity index (χ1) is 9.92. The SMILES string of the molecule is CCN(CC)c1nc(NC)nc(NC(C)C(=O)N(C)C)n1. The Hall–Kier alpha value is -2.12. The number of nitrogens with one attached hydrogen (secondary N) is 2. The van der Waals surface area contributed by atoms with Crippen molar-refractivity contribution >= 4 is 23.8 Å². The van der Waals surface area contributed by atoms with Crippen LogP contribution in [0.25, 0.3) is 0 Å².